The van der Waals surface area contributed by atoms with Crippen molar-refractivity contribution in [3.63, 3.8) is 0 Å². The van der Waals surface area contributed by atoms with Crippen molar-refractivity contribution >= 4 is 23.3 Å². The van der Waals surface area contributed by atoms with Crippen molar-refractivity contribution in [1.82, 2.24) is 0 Å². The number of hydrogen-bond acceptors (Lipinski definition) is 8. The molecular weight excluding hydrogens is 550 g/mol. The summed E-state index contributed by atoms with van der Waals surface area (Å²) in [4.78, 5) is 54.6. The van der Waals surface area contributed by atoms with Crippen LogP contribution in [0.1, 0.15) is 113 Å². The number of aliphatic hydroxyl groups excluding tert-OH is 2. The third-order valence-electron chi connectivity index (χ3n) is 10.8. The summed E-state index contributed by atoms with van der Waals surface area (Å²) < 4.78 is 0. The average molecular weight is 600 g/mol. The second-order valence-electron chi connectivity index (χ2n) is 15.8. The fraction of sp³-hybridized carbons (Fsp3) is 0.706. The fourth-order valence-electron chi connectivity index (χ4n) is 8.97. The maximum Gasteiger partial charge on any atom is 0.230 e. The standard InChI is InChI=1S/C34H49NO8/c1-15(2)10-11-20(36)17-12-19(31(5,6)7)25(37)21-18(17)13-32(8)14-33(9)23(16(3)4)27(39)22(30(35)42)28(40)34(33,43)29(41)24(32)26(21)38/h12,15-16,22-24,27,29,37,39,41,43H,10-11,13-14H2,1-9H3,(H2,35,42)/t22-,23+,24-,27?,29?,32-,33-,34+/m1/s1. The van der Waals surface area contributed by atoms with Crippen LogP contribution in [0.4, 0.5) is 0 Å². The molecule has 6 N–H and O–H groups in total. The molecule has 4 rings (SSSR count). The van der Waals surface area contributed by atoms with Crippen molar-refractivity contribution in [2.75, 3.05) is 0 Å². The lowest BCUT2D eigenvalue weighted by molar-refractivity contribution is -0.265. The van der Waals surface area contributed by atoms with Crippen LogP contribution in [0.5, 0.6) is 5.75 Å². The summed E-state index contributed by atoms with van der Waals surface area (Å²) >= 11 is 0. The van der Waals surface area contributed by atoms with Crippen molar-refractivity contribution in [3.05, 3.63) is 28.3 Å². The number of rotatable bonds is 6. The van der Waals surface area contributed by atoms with Gasteiger partial charge in [-0.05, 0) is 59.5 Å². The van der Waals surface area contributed by atoms with Gasteiger partial charge in [-0.3, -0.25) is 19.2 Å². The van der Waals surface area contributed by atoms with Gasteiger partial charge in [-0.25, -0.2) is 0 Å². The highest BCUT2D eigenvalue weighted by atomic mass is 16.4. The largest absolute Gasteiger partial charge is 0.507 e. The molecule has 43 heavy (non-hydrogen) atoms. The molecule has 0 saturated heterocycles. The van der Waals surface area contributed by atoms with E-state index in [-0.39, 0.29) is 48.2 Å². The number of phenolic OH excluding ortho intramolecular Hbond substituents is 1. The van der Waals surface area contributed by atoms with Gasteiger partial charge >= 0.3 is 0 Å². The third-order valence-corrected chi connectivity index (χ3v) is 10.8. The summed E-state index contributed by atoms with van der Waals surface area (Å²) in [5.74, 6) is -7.29. The van der Waals surface area contributed by atoms with E-state index < -0.39 is 69.3 Å². The molecular formula is C34H49NO8. The van der Waals surface area contributed by atoms with E-state index in [1.54, 1.807) is 33.8 Å². The number of phenols is 1. The molecule has 2 fully saturated rings. The number of carbonyl (C=O) groups excluding carboxylic acids is 4. The van der Waals surface area contributed by atoms with Gasteiger partial charge in [0, 0.05) is 23.0 Å². The van der Waals surface area contributed by atoms with Crippen LogP contribution in [-0.4, -0.2) is 61.5 Å². The predicted molar refractivity (Wildman–Crippen MR) is 161 cm³/mol. The van der Waals surface area contributed by atoms with E-state index in [9.17, 15) is 39.6 Å². The maximum absolute atomic E-state index is 14.5. The second-order valence-corrected chi connectivity index (χ2v) is 15.8. The van der Waals surface area contributed by atoms with E-state index in [1.165, 1.54) is 0 Å². The Balaban J connectivity index is 2.00. The van der Waals surface area contributed by atoms with Crippen LogP contribution in [0.15, 0.2) is 6.07 Å². The van der Waals surface area contributed by atoms with Crippen molar-refractivity contribution in [3.8, 4) is 5.75 Å². The normalized spacial score (nSPS) is 35.9. The molecule has 0 bridgehead atoms. The Kier molecular flexibility index (Phi) is 8.11. The molecule has 2 saturated carbocycles. The number of primary amides is 1. The number of benzene rings is 1. The lowest BCUT2D eigenvalue weighted by Gasteiger charge is -2.66. The first-order chi connectivity index (χ1) is 19.6. The summed E-state index contributed by atoms with van der Waals surface area (Å²) in [6.07, 6.45) is -2.40. The monoisotopic (exact) mass is 599 g/mol. The van der Waals surface area contributed by atoms with E-state index in [4.69, 9.17) is 5.73 Å². The topological polar surface area (TPSA) is 175 Å². The smallest absolute Gasteiger partial charge is 0.230 e. The zero-order valence-electron chi connectivity index (χ0n) is 26.9. The summed E-state index contributed by atoms with van der Waals surface area (Å²) in [5, 5.41) is 47.2. The van der Waals surface area contributed by atoms with Gasteiger partial charge in [-0.1, -0.05) is 62.3 Å². The minimum atomic E-state index is -2.58. The number of fused-ring (bicyclic) bond motifs is 3. The number of aliphatic hydroxyl groups is 3. The average Bonchev–Trinajstić information content (AvgIpc) is 2.83. The van der Waals surface area contributed by atoms with Crippen LogP contribution in [-0.2, 0) is 21.4 Å². The van der Waals surface area contributed by atoms with Gasteiger partial charge in [-0.2, -0.15) is 0 Å². The molecule has 1 aromatic rings. The van der Waals surface area contributed by atoms with Crippen LogP contribution >= 0.6 is 0 Å². The number of amides is 1. The number of carbonyl (C=O) groups is 4. The first-order valence-corrected chi connectivity index (χ1v) is 15.4. The van der Waals surface area contributed by atoms with Gasteiger partial charge in [0.25, 0.3) is 0 Å². The van der Waals surface area contributed by atoms with Crippen LogP contribution in [0.3, 0.4) is 0 Å². The van der Waals surface area contributed by atoms with E-state index in [1.807, 2.05) is 34.6 Å². The second kappa shape index (κ2) is 10.5. The van der Waals surface area contributed by atoms with Gasteiger partial charge in [0.1, 0.15) is 17.8 Å². The van der Waals surface area contributed by atoms with Crippen LogP contribution < -0.4 is 5.73 Å². The lowest BCUT2D eigenvalue weighted by atomic mass is 9.39. The Bertz CT molecular complexity index is 1380. The van der Waals surface area contributed by atoms with Gasteiger partial charge < -0.3 is 26.2 Å². The zero-order valence-corrected chi connectivity index (χ0v) is 26.9. The molecule has 9 nitrogen and oxygen atoms in total. The molecule has 0 radical (unpaired) electrons. The van der Waals surface area contributed by atoms with E-state index in [0.29, 0.717) is 23.1 Å². The van der Waals surface area contributed by atoms with Crippen molar-refractivity contribution in [2.45, 2.75) is 111 Å². The molecule has 1 aromatic carbocycles. The quantitative estimate of drug-likeness (QED) is 0.244. The van der Waals surface area contributed by atoms with E-state index in [2.05, 4.69) is 0 Å². The first kappa shape index (κ1) is 33.3. The molecule has 3 aliphatic carbocycles. The molecule has 3 aliphatic rings. The predicted octanol–water partition coefficient (Wildman–Crippen LogP) is 3.49. The minimum Gasteiger partial charge on any atom is -0.507 e. The van der Waals surface area contributed by atoms with Crippen molar-refractivity contribution < 1.29 is 39.6 Å². The Morgan fingerprint density at radius 2 is 1.67 bits per heavy atom. The Labute approximate surface area is 254 Å². The molecule has 1 amide bonds. The first-order valence-electron chi connectivity index (χ1n) is 15.4. The van der Waals surface area contributed by atoms with E-state index >= 15 is 0 Å². The molecule has 0 spiro atoms. The van der Waals surface area contributed by atoms with Crippen molar-refractivity contribution in [1.29, 1.82) is 0 Å². The zero-order chi connectivity index (χ0) is 32.8. The minimum absolute atomic E-state index is 0.0297. The highest BCUT2D eigenvalue weighted by Crippen LogP contribution is 2.66. The Morgan fingerprint density at radius 3 is 2.16 bits per heavy atom. The van der Waals surface area contributed by atoms with Crippen LogP contribution in [0.25, 0.3) is 0 Å². The lowest BCUT2D eigenvalue weighted by Crippen LogP contribution is -2.79. The highest BCUT2D eigenvalue weighted by molar-refractivity contribution is 6.11. The summed E-state index contributed by atoms with van der Waals surface area (Å²) in [7, 11) is 0. The molecule has 0 aliphatic heterocycles. The third kappa shape index (κ3) is 4.68. The number of hydrogen-bond donors (Lipinski definition) is 5. The van der Waals surface area contributed by atoms with Crippen LogP contribution in [0, 0.1) is 40.4 Å². The van der Waals surface area contributed by atoms with Gasteiger partial charge in [0.05, 0.1) is 17.6 Å². The summed E-state index contributed by atoms with van der Waals surface area (Å²) in [5.41, 5.74) is 0.924. The summed E-state index contributed by atoms with van der Waals surface area (Å²) in [6.45, 7) is 16.6. The molecule has 8 atom stereocenters. The molecule has 2 unspecified atom stereocenters. The number of nitrogens with two attached hydrogens (primary N) is 1. The Hall–Kier alpha value is -2.62. The number of aromatic hydroxyl groups is 1. The van der Waals surface area contributed by atoms with E-state index in [0.717, 1.165) is 0 Å². The SMILES string of the molecule is CC(C)CCC(=O)c1cc(C(C)(C)C)c(O)c2c1C[C@]1(C)C[C@]3(C)[C@@H](C(C)C)C(O)[C@@H](C(N)=O)C(=O)[C@]3(O)C(O)[C@H]1C2=O. The van der Waals surface area contributed by atoms with Gasteiger partial charge in [-0.15, -0.1) is 0 Å². The maximum atomic E-state index is 14.5. The molecule has 0 heterocycles. The fourth-order valence-corrected chi connectivity index (χ4v) is 8.97. The summed E-state index contributed by atoms with van der Waals surface area (Å²) in [6, 6.07) is 1.69. The van der Waals surface area contributed by atoms with Crippen LogP contribution in [0.2, 0.25) is 0 Å². The molecule has 0 aromatic heterocycles. The molecule has 9 heteroatoms. The van der Waals surface area contributed by atoms with Crippen molar-refractivity contribution in [2.24, 2.45) is 46.2 Å². The molecule has 238 valence electrons. The number of ketones is 3. The van der Waals surface area contributed by atoms with Gasteiger partial charge in [0.2, 0.25) is 5.91 Å². The number of Topliss-reactive ketones (excluding diaryl/α,β-unsaturated/α-hetero) is 3. The highest BCUT2D eigenvalue weighted by Gasteiger charge is 2.76. The van der Waals surface area contributed by atoms with Gasteiger partial charge in [0.15, 0.2) is 23.0 Å². The Morgan fingerprint density at radius 1 is 1.09 bits per heavy atom.